The average molecular weight is 567 g/mol. The Hall–Kier alpha value is -3.67. The third-order valence-corrected chi connectivity index (χ3v) is 6.62. The predicted molar refractivity (Wildman–Crippen MR) is 134 cm³/mol. The number of nitrogens with zero attached hydrogens (tertiary/aromatic N) is 2. The Labute approximate surface area is 221 Å². The number of rotatable bonds is 6. The van der Waals surface area contributed by atoms with Gasteiger partial charge >= 0.3 is 6.18 Å². The van der Waals surface area contributed by atoms with Crippen molar-refractivity contribution < 1.29 is 27.9 Å². The lowest BCUT2D eigenvalue weighted by Crippen LogP contribution is -2.26. The zero-order chi connectivity index (χ0) is 26.7. The number of hydrogen-bond donors (Lipinski definition) is 3. The fourth-order valence-electron chi connectivity index (χ4n) is 3.25. The van der Waals surface area contributed by atoms with Crippen molar-refractivity contribution >= 4 is 51.4 Å². The molecule has 0 aliphatic rings. The minimum atomic E-state index is -4.60. The number of halogens is 5. The summed E-state index contributed by atoms with van der Waals surface area (Å²) in [5.74, 6) is -1.90. The lowest BCUT2D eigenvalue weighted by atomic mass is 10.1. The van der Waals surface area contributed by atoms with Crippen LogP contribution in [0.2, 0.25) is 10.0 Å². The Balaban J connectivity index is 1.64. The minimum absolute atomic E-state index is 0.00501. The van der Waals surface area contributed by atoms with Gasteiger partial charge in [0.15, 0.2) is 11.4 Å². The number of carbonyl (C=O) groups is 2. The number of nitrogens with one attached hydrogen (secondary N) is 2. The number of phenolic OH excluding ortho intramolecular Hbond substituents is 1. The lowest BCUT2D eigenvalue weighted by molar-refractivity contribution is -0.138. The monoisotopic (exact) mass is 566 g/mol. The number of amides is 2. The van der Waals surface area contributed by atoms with Crippen LogP contribution in [-0.2, 0) is 12.7 Å². The second-order valence-corrected chi connectivity index (χ2v) is 9.33. The zero-order valence-corrected chi connectivity index (χ0v) is 20.8. The molecule has 7 nitrogen and oxygen atoms in total. The first kappa shape index (κ1) is 26.4. The molecular weight excluding hydrogens is 552 g/mol. The van der Waals surface area contributed by atoms with Gasteiger partial charge in [-0.3, -0.25) is 14.6 Å². The number of thiazole rings is 1. The van der Waals surface area contributed by atoms with Crippen molar-refractivity contribution in [2.45, 2.75) is 12.7 Å². The number of hydrogen-bond acceptors (Lipinski definition) is 6. The normalized spacial score (nSPS) is 11.3. The number of pyridine rings is 1. The number of aromatic hydroxyl groups is 1. The Morgan fingerprint density at radius 3 is 2.38 bits per heavy atom. The molecule has 0 aliphatic carbocycles. The zero-order valence-electron chi connectivity index (χ0n) is 18.4. The number of aromatic nitrogens is 2. The second kappa shape index (κ2) is 10.8. The van der Waals surface area contributed by atoms with Gasteiger partial charge in [-0.25, -0.2) is 4.98 Å². The maximum absolute atomic E-state index is 13.3. The first-order valence-electron chi connectivity index (χ1n) is 10.4. The van der Waals surface area contributed by atoms with Crippen LogP contribution in [0.3, 0.4) is 0 Å². The van der Waals surface area contributed by atoms with Gasteiger partial charge in [0.05, 0.1) is 15.6 Å². The molecule has 0 aliphatic heterocycles. The van der Waals surface area contributed by atoms with E-state index in [1.165, 1.54) is 36.5 Å². The Bertz CT molecular complexity index is 1460. The van der Waals surface area contributed by atoms with Gasteiger partial charge in [-0.15, -0.1) is 0 Å². The smallest absolute Gasteiger partial charge is 0.416 e. The molecule has 190 valence electrons. The SMILES string of the molecule is O=C(Nc1sc(-c2cccnc2)nc1C(=O)NCc1ccccc1C(F)(F)F)c1cc(Cl)c(O)c(Cl)c1. The van der Waals surface area contributed by atoms with Gasteiger partial charge in [0.2, 0.25) is 0 Å². The third-order valence-electron chi connectivity index (χ3n) is 5.02. The van der Waals surface area contributed by atoms with E-state index in [0.29, 0.717) is 10.6 Å². The van der Waals surface area contributed by atoms with Crippen molar-refractivity contribution in [2.75, 3.05) is 5.32 Å². The van der Waals surface area contributed by atoms with Crippen LogP contribution in [0.25, 0.3) is 10.6 Å². The molecule has 0 atom stereocenters. The maximum Gasteiger partial charge on any atom is 0.416 e. The summed E-state index contributed by atoms with van der Waals surface area (Å²) >= 11 is 12.8. The van der Waals surface area contributed by atoms with Crippen LogP contribution in [-0.4, -0.2) is 26.9 Å². The molecule has 37 heavy (non-hydrogen) atoms. The van der Waals surface area contributed by atoms with E-state index in [1.807, 2.05) is 0 Å². The van der Waals surface area contributed by atoms with Crippen LogP contribution in [0.1, 0.15) is 32.0 Å². The quantitative estimate of drug-likeness (QED) is 0.250. The minimum Gasteiger partial charge on any atom is -0.505 e. The van der Waals surface area contributed by atoms with Crippen molar-refractivity contribution in [3.05, 3.63) is 93.4 Å². The summed E-state index contributed by atoms with van der Waals surface area (Å²) in [6, 6.07) is 10.6. The Kier molecular flexibility index (Phi) is 7.67. The highest BCUT2D eigenvalue weighted by atomic mass is 35.5. The molecule has 4 rings (SSSR count). The first-order chi connectivity index (χ1) is 17.5. The van der Waals surface area contributed by atoms with E-state index in [1.54, 1.807) is 18.3 Å². The maximum atomic E-state index is 13.3. The highest BCUT2D eigenvalue weighted by molar-refractivity contribution is 7.19. The summed E-state index contributed by atoms with van der Waals surface area (Å²) in [5.41, 5.74) is -0.670. The number of carbonyl (C=O) groups excluding carboxylic acids is 2. The summed E-state index contributed by atoms with van der Waals surface area (Å²) < 4.78 is 40.0. The largest absolute Gasteiger partial charge is 0.505 e. The van der Waals surface area contributed by atoms with Gasteiger partial charge in [0.1, 0.15) is 10.0 Å². The molecular formula is C24H15Cl2F3N4O3S. The van der Waals surface area contributed by atoms with Crippen LogP contribution in [0, 0.1) is 0 Å². The molecule has 0 bridgehead atoms. The molecule has 0 radical (unpaired) electrons. The molecule has 0 unspecified atom stereocenters. The van der Waals surface area contributed by atoms with E-state index in [2.05, 4.69) is 20.6 Å². The molecule has 2 amide bonds. The standard InChI is InChI=1S/C24H15Cl2F3N4O3S/c25-16-8-14(9-17(26)19(16)34)20(35)33-23-18(32-22(37-23)13-5-3-7-30-10-13)21(36)31-11-12-4-1-2-6-15(12)24(27,28)29/h1-10,34H,11H2,(H,31,36)(H,33,35). The summed E-state index contributed by atoms with van der Waals surface area (Å²) in [4.78, 5) is 34.2. The van der Waals surface area contributed by atoms with E-state index in [-0.39, 0.29) is 31.9 Å². The van der Waals surface area contributed by atoms with Gasteiger partial charge in [0, 0.05) is 30.1 Å². The van der Waals surface area contributed by atoms with Crippen molar-refractivity contribution in [1.29, 1.82) is 0 Å². The average Bonchev–Trinajstić information content (AvgIpc) is 3.29. The fraction of sp³-hybridized carbons (Fsp3) is 0.0833. The third kappa shape index (κ3) is 6.01. The molecule has 2 heterocycles. The molecule has 0 spiro atoms. The molecule has 4 aromatic rings. The van der Waals surface area contributed by atoms with Crippen molar-refractivity contribution in [3.63, 3.8) is 0 Å². The van der Waals surface area contributed by atoms with Crippen LogP contribution in [0.15, 0.2) is 60.9 Å². The highest BCUT2D eigenvalue weighted by Crippen LogP contribution is 2.35. The summed E-state index contributed by atoms with van der Waals surface area (Å²) in [6.07, 6.45) is -1.55. The molecule has 0 saturated heterocycles. The number of benzene rings is 2. The summed E-state index contributed by atoms with van der Waals surface area (Å²) in [5, 5.41) is 14.8. The molecule has 0 fully saturated rings. The van der Waals surface area contributed by atoms with Gasteiger partial charge in [-0.2, -0.15) is 13.2 Å². The van der Waals surface area contributed by atoms with E-state index in [4.69, 9.17) is 23.2 Å². The van der Waals surface area contributed by atoms with Crippen LogP contribution >= 0.6 is 34.5 Å². The summed E-state index contributed by atoms with van der Waals surface area (Å²) in [6.45, 7) is -0.426. The van der Waals surface area contributed by atoms with Gasteiger partial charge in [0.25, 0.3) is 11.8 Å². The van der Waals surface area contributed by atoms with Gasteiger partial charge in [-0.1, -0.05) is 52.7 Å². The molecule has 2 aromatic heterocycles. The number of phenols is 1. The van der Waals surface area contributed by atoms with E-state index >= 15 is 0 Å². The lowest BCUT2D eigenvalue weighted by Gasteiger charge is -2.13. The fourth-order valence-corrected chi connectivity index (χ4v) is 4.69. The Morgan fingerprint density at radius 1 is 1.03 bits per heavy atom. The highest BCUT2D eigenvalue weighted by Gasteiger charge is 2.33. The topological polar surface area (TPSA) is 104 Å². The van der Waals surface area contributed by atoms with Crippen LogP contribution in [0.5, 0.6) is 5.75 Å². The van der Waals surface area contributed by atoms with Crippen molar-refractivity contribution in [3.8, 4) is 16.3 Å². The van der Waals surface area contributed by atoms with E-state index < -0.39 is 35.8 Å². The summed E-state index contributed by atoms with van der Waals surface area (Å²) in [7, 11) is 0. The van der Waals surface area contributed by atoms with E-state index in [9.17, 15) is 27.9 Å². The van der Waals surface area contributed by atoms with Gasteiger partial charge < -0.3 is 15.7 Å². The number of alkyl halides is 3. The molecule has 2 aromatic carbocycles. The van der Waals surface area contributed by atoms with Crippen LogP contribution < -0.4 is 10.6 Å². The Morgan fingerprint density at radius 2 is 1.73 bits per heavy atom. The molecule has 3 N–H and O–H groups in total. The van der Waals surface area contributed by atoms with Crippen LogP contribution in [0.4, 0.5) is 18.2 Å². The predicted octanol–water partition coefficient (Wildman–Crippen LogP) is 6.42. The second-order valence-electron chi connectivity index (χ2n) is 7.52. The first-order valence-corrected chi connectivity index (χ1v) is 12.0. The van der Waals surface area contributed by atoms with E-state index in [0.717, 1.165) is 17.4 Å². The molecule has 13 heteroatoms. The van der Waals surface area contributed by atoms with Crippen molar-refractivity contribution in [2.24, 2.45) is 0 Å². The molecule has 0 saturated carbocycles. The van der Waals surface area contributed by atoms with Gasteiger partial charge in [-0.05, 0) is 35.9 Å². The number of anilines is 1. The van der Waals surface area contributed by atoms with Crippen molar-refractivity contribution in [1.82, 2.24) is 15.3 Å².